The molecule has 0 aliphatic heterocycles. The lowest BCUT2D eigenvalue weighted by molar-refractivity contribution is 0.448. The zero-order valence-corrected chi connectivity index (χ0v) is 9.83. The standard InChI is InChI=1S/C12H21N3/c1-10(13)8-14-9-12(2,3)11-6-4-5-7-15-11/h4-7,10,14H,8-9,13H2,1-3H3. The van der Waals surface area contributed by atoms with Gasteiger partial charge in [-0.1, -0.05) is 19.9 Å². The molecule has 0 bridgehead atoms. The van der Waals surface area contributed by atoms with E-state index in [-0.39, 0.29) is 11.5 Å². The minimum Gasteiger partial charge on any atom is -0.327 e. The maximum atomic E-state index is 5.68. The van der Waals surface area contributed by atoms with Gasteiger partial charge in [-0.05, 0) is 19.1 Å². The third-order valence-corrected chi connectivity index (χ3v) is 2.39. The van der Waals surface area contributed by atoms with Gasteiger partial charge in [-0.3, -0.25) is 4.98 Å². The van der Waals surface area contributed by atoms with E-state index in [0.717, 1.165) is 18.8 Å². The molecule has 0 aliphatic rings. The Morgan fingerprint density at radius 3 is 2.73 bits per heavy atom. The van der Waals surface area contributed by atoms with E-state index in [9.17, 15) is 0 Å². The van der Waals surface area contributed by atoms with E-state index in [1.165, 1.54) is 0 Å². The van der Waals surface area contributed by atoms with Crippen LogP contribution in [0.1, 0.15) is 26.5 Å². The zero-order chi connectivity index (χ0) is 11.3. The number of nitrogens with zero attached hydrogens (tertiary/aromatic N) is 1. The van der Waals surface area contributed by atoms with Crippen molar-refractivity contribution in [1.82, 2.24) is 10.3 Å². The summed E-state index contributed by atoms with van der Waals surface area (Å²) in [6.07, 6.45) is 1.84. The highest BCUT2D eigenvalue weighted by molar-refractivity contribution is 5.14. The molecule has 3 N–H and O–H groups in total. The summed E-state index contributed by atoms with van der Waals surface area (Å²) in [6.45, 7) is 8.11. The molecule has 0 spiro atoms. The second kappa shape index (κ2) is 5.24. The van der Waals surface area contributed by atoms with Gasteiger partial charge in [0, 0.05) is 36.4 Å². The monoisotopic (exact) mass is 207 g/mol. The first-order valence-corrected chi connectivity index (χ1v) is 5.40. The number of hydrogen-bond donors (Lipinski definition) is 2. The molecule has 0 radical (unpaired) electrons. The highest BCUT2D eigenvalue weighted by Gasteiger charge is 2.21. The summed E-state index contributed by atoms with van der Waals surface area (Å²) in [5.41, 5.74) is 6.85. The fourth-order valence-electron chi connectivity index (χ4n) is 1.47. The quantitative estimate of drug-likeness (QED) is 0.765. The molecule has 1 unspecified atom stereocenters. The Morgan fingerprint density at radius 2 is 2.20 bits per heavy atom. The summed E-state index contributed by atoms with van der Waals surface area (Å²) in [5, 5.41) is 3.36. The van der Waals surface area contributed by atoms with Crippen molar-refractivity contribution in [3.05, 3.63) is 30.1 Å². The smallest absolute Gasteiger partial charge is 0.0472 e. The lowest BCUT2D eigenvalue weighted by atomic mass is 9.88. The van der Waals surface area contributed by atoms with Crippen LogP contribution in [0.25, 0.3) is 0 Å². The van der Waals surface area contributed by atoms with E-state index in [1.54, 1.807) is 0 Å². The van der Waals surface area contributed by atoms with Crippen LogP contribution in [-0.4, -0.2) is 24.1 Å². The van der Waals surface area contributed by atoms with E-state index in [0.29, 0.717) is 0 Å². The second-order valence-corrected chi connectivity index (χ2v) is 4.71. The van der Waals surface area contributed by atoms with Crippen molar-refractivity contribution in [3.63, 3.8) is 0 Å². The van der Waals surface area contributed by atoms with Crippen molar-refractivity contribution < 1.29 is 0 Å². The summed E-state index contributed by atoms with van der Waals surface area (Å²) in [6, 6.07) is 6.22. The minimum atomic E-state index is 0.0517. The molecule has 1 heterocycles. The Morgan fingerprint density at radius 1 is 1.47 bits per heavy atom. The van der Waals surface area contributed by atoms with Crippen LogP contribution in [-0.2, 0) is 5.41 Å². The lowest BCUT2D eigenvalue weighted by Crippen LogP contribution is -2.39. The van der Waals surface area contributed by atoms with Crippen LogP contribution in [0.2, 0.25) is 0 Å². The minimum absolute atomic E-state index is 0.0517. The number of hydrogen-bond acceptors (Lipinski definition) is 3. The number of nitrogens with two attached hydrogens (primary N) is 1. The average molecular weight is 207 g/mol. The van der Waals surface area contributed by atoms with Crippen molar-refractivity contribution in [2.75, 3.05) is 13.1 Å². The molecule has 1 atom stereocenters. The first kappa shape index (κ1) is 12.1. The van der Waals surface area contributed by atoms with Gasteiger partial charge in [-0.15, -0.1) is 0 Å². The molecular formula is C12H21N3. The summed E-state index contributed by atoms with van der Waals surface area (Å²) in [5.74, 6) is 0. The van der Waals surface area contributed by atoms with Gasteiger partial charge in [0.05, 0.1) is 0 Å². The second-order valence-electron chi connectivity index (χ2n) is 4.71. The Kier molecular flexibility index (Phi) is 4.24. The molecule has 3 heteroatoms. The molecule has 0 fully saturated rings. The predicted octanol–water partition coefficient (Wildman–Crippen LogP) is 1.30. The van der Waals surface area contributed by atoms with Gasteiger partial charge in [-0.2, -0.15) is 0 Å². The fraction of sp³-hybridized carbons (Fsp3) is 0.583. The SMILES string of the molecule is CC(N)CNCC(C)(C)c1ccccn1. The Labute approximate surface area is 92.1 Å². The summed E-state index contributed by atoms with van der Waals surface area (Å²) < 4.78 is 0. The van der Waals surface area contributed by atoms with E-state index in [4.69, 9.17) is 5.73 Å². The van der Waals surface area contributed by atoms with Gasteiger partial charge in [0.15, 0.2) is 0 Å². The van der Waals surface area contributed by atoms with Crippen molar-refractivity contribution in [2.45, 2.75) is 32.2 Å². The third kappa shape index (κ3) is 3.98. The van der Waals surface area contributed by atoms with E-state index in [2.05, 4.69) is 30.2 Å². The predicted molar refractivity (Wildman–Crippen MR) is 63.8 cm³/mol. The molecule has 0 saturated heterocycles. The van der Waals surface area contributed by atoms with Crippen LogP contribution in [0.5, 0.6) is 0 Å². The zero-order valence-electron chi connectivity index (χ0n) is 9.83. The van der Waals surface area contributed by atoms with E-state index in [1.807, 2.05) is 25.3 Å². The largest absolute Gasteiger partial charge is 0.327 e. The van der Waals surface area contributed by atoms with Gasteiger partial charge >= 0.3 is 0 Å². The first-order valence-electron chi connectivity index (χ1n) is 5.40. The summed E-state index contributed by atoms with van der Waals surface area (Å²) >= 11 is 0. The molecule has 84 valence electrons. The maximum Gasteiger partial charge on any atom is 0.0472 e. The summed E-state index contributed by atoms with van der Waals surface area (Å²) in [7, 11) is 0. The Bertz CT molecular complexity index is 280. The first-order chi connectivity index (χ1) is 7.02. The van der Waals surface area contributed by atoms with E-state index >= 15 is 0 Å². The van der Waals surface area contributed by atoms with Crippen molar-refractivity contribution in [3.8, 4) is 0 Å². The third-order valence-electron chi connectivity index (χ3n) is 2.39. The molecule has 3 nitrogen and oxygen atoms in total. The maximum absolute atomic E-state index is 5.68. The molecule has 0 saturated carbocycles. The summed E-state index contributed by atoms with van der Waals surface area (Å²) in [4.78, 5) is 4.38. The number of rotatable bonds is 5. The lowest BCUT2D eigenvalue weighted by Gasteiger charge is -2.24. The average Bonchev–Trinajstić information content (AvgIpc) is 2.18. The molecule has 1 aromatic heterocycles. The molecular weight excluding hydrogens is 186 g/mol. The topological polar surface area (TPSA) is 50.9 Å². The number of pyridine rings is 1. The molecule has 0 aliphatic carbocycles. The van der Waals surface area contributed by atoms with Crippen molar-refractivity contribution in [2.24, 2.45) is 5.73 Å². The van der Waals surface area contributed by atoms with Crippen LogP contribution in [0.3, 0.4) is 0 Å². The molecule has 1 aromatic rings. The fourth-order valence-corrected chi connectivity index (χ4v) is 1.47. The van der Waals surface area contributed by atoms with E-state index < -0.39 is 0 Å². The Hall–Kier alpha value is -0.930. The molecule has 0 amide bonds. The van der Waals surface area contributed by atoms with Gasteiger partial charge in [0.2, 0.25) is 0 Å². The molecule has 15 heavy (non-hydrogen) atoms. The van der Waals surface area contributed by atoms with Gasteiger partial charge < -0.3 is 11.1 Å². The van der Waals surface area contributed by atoms with Gasteiger partial charge in [0.25, 0.3) is 0 Å². The highest BCUT2D eigenvalue weighted by Crippen LogP contribution is 2.19. The van der Waals surface area contributed by atoms with Crippen LogP contribution in [0, 0.1) is 0 Å². The van der Waals surface area contributed by atoms with Crippen LogP contribution >= 0.6 is 0 Å². The molecule has 1 rings (SSSR count). The number of nitrogens with one attached hydrogen (secondary N) is 1. The number of aromatic nitrogens is 1. The van der Waals surface area contributed by atoms with Crippen LogP contribution in [0.4, 0.5) is 0 Å². The van der Waals surface area contributed by atoms with Crippen LogP contribution in [0.15, 0.2) is 24.4 Å². The van der Waals surface area contributed by atoms with Crippen LogP contribution < -0.4 is 11.1 Å². The normalized spacial score (nSPS) is 13.9. The Balaban J connectivity index is 2.52. The van der Waals surface area contributed by atoms with Crippen molar-refractivity contribution >= 4 is 0 Å². The van der Waals surface area contributed by atoms with Gasteiger partial charge in [0.1, 0.15) is 0 Å². The van der Waals surface area contributed by atoms with Crippen molar-refractivity contribution in [1.29, 1.82) is 0 Å². The van der Waals surface area contributed by atoms with Gasteiger partial charge in [-0.25, -0.2) is 0 Å². The highest BCUT2D eigenvalue weighted by atomic mass is 14.9. The molecule has 0 aromatic carbocycles.